The molecule has 0 radical (unpaired) electrons. The molecule has 0 spiro atoms. The Morgan fingerprint density at radius 2 is 2.06 bits per heavy atom. The minimum Gasteiger partial charge on any atom is -0.480 e. The van der Waals surface area contributed by atoms with Gasteiger partial charge < -0.3 is 5.11 Å². The van der Waals surface area contributed by atoms with E-state index in [9.17, 15) is 9.90 Å². The number of hydrogen-bond acceptors (Lipinski definition) is 2. The molecule has 17 heavy (non-hydrogen) atoms. The van der Waals surface area contributed by atoms with Crippen LogP contribution in [0.2, 0.25) is 0 Å². The fourth-order valence-corrected chi connectivity index (χ4v) is 3.15. The van der Waals surface area contributed by atoms with E-state index in [1.54, 1.807) is 0 Å². The third-order valence-electron chi connectivity index (χ3n) is 4.01. The van der Waals surface area contributed by atoms with Gasteiger partial charge in [-0.05, 0) is 38.0 Å². The SMILES string of the molecule is CC(C)CC(C)NC1(C(=O)O)CCCCC1C. The third kappa shape index (κ3) is 3.44. The maximum absolute atomic E-state index is 11.6. The topological polar surface area (TPSA) is 49.3 Å². The van der Waals surface area contributed by atoms with Crippen LogP contribution in [0.1, 0.15) is 59.8 Å². The first-order valence-electron chi connectivity index (χ1n) is 6.89. The van der Waals surface area contributed by atoms with Gasteiger partial charge in [0.1, 0.15) is 5.54 Å². The van der Waals surface area contributed by atoms with Crippen LogP contribution in [0.4, 0.5) is 0 Å². The van der Waals surface area contributed by atoms with Crippen LogP contribution in [-0.2, 0) is 4.79 Å². The molecule has 0 aromatic rings. The predicted octanol–water partition coefficient (Wildman–Crippen LogP) is 3.04. The molecule has 3 heteroatoms. The van der Waals surface area contributed by atoms with Gasteiger partial charge in [0.15, 0.2) is 0 Å². The van der Waals surface area contributed by atoms with Crippen LogP contribution in [0.3, 0.4) is 0 Å². The maximum Gasteiger partial charge on any atom is 0.324 e. The van der Waals surface area contributed by atoms with Gasteiger partial charge in [-0.25, -0.2) is 0 Å². The fourth-order valence-electron chi connectivity index (χ4n) is 3.15. The second kappa shape index (κ2) is 5.85. The maximum atomic E-state index is 11.6. The van der Waals surface area contributed by atoms with Gasteiger partial charge in [0, 0.05) is 6.04 Å². The molecule has 3 unspecified atom stereocenters. The van der Waals surface area contributed by atoms with E-state index < -0.39 is 11.5 Å². The number of nitrogens with one attached hydrogen (secondary N) is 1. The standard InChI is InChI=1S/C14H27NO2/c1-10(2)9-12(4)15-14(13(16)17)8-6-5-7-11(14)3/h10-12,15H,5-9H2,1-4H3,(H,16,17). The van der Waals surface area contributed by atoms with E-state index in [4.69, 9.17) is 0 Å². The number of carboxylic acids is 1. The Labute approximate surface area is 105 Å². The summed E-state index contributed by atoms with van der Waals surface area (Å²) < 4.78 is 0. The molecule has 0 aromatic carbocycles. The molecule has 1 aliphatic carbocycles. The van der Waals surface area contributed by atoms with E-state index in [0.29, 0.717) is 5.92 Å². The summed E-state index contributed by atoms with van der Waals surface area (Å²) in [5.41, 5.74) is -0.688. The van der Waals surface area contributed by atoms with Crippen molar-refractivity contribution in [1.82, 2.24) is 5.32 Å². The van der Waals surface area contributed by atoms with Gasteiger partial charge in [-0.1, -0.05) is 33.6 Å². The lowest BCUT2D eigenvalue weighted by atomic mass is 9.73. The number of aliphatic carboxylic acids is 1. The van der Waals surface area contributed by atoms with Crippen LogP contribution >= 0.6 is 0 Å². The van der Waals surface area contributed by atoms with E-state index in [1.165, 1.54) is 0 Å². The van der Waals surface area contributed by atoms with Crippen molar-refractivity contribution in [3.05, 3.63) is 0 Å². The van der Waals surface area contributed by atoms with Gasteiger partial charge in [0.05, 0.1) is 0 Å². The lowest BCUT2D eigenvalue weighted by molar-refractivity contribution is -0.149. The van der Waals surface area contributed by atoms with Gasteiger partial charge in [-0.2, -0.15) is 0 Å². The predicted molar refractivity (Wildman–Crippen MR) is 70.1 cm³/mol. The Morgan fingerprint density at radius 1 is 1.41 bits per heavy atom. The zero-order valence-electron chi connectivity index (χ0n) is 11.6. The van der Waals surface area contributed by atoms with E-state index in [0.717, 1.165) is 32.1 Å². The smallest absolute Gasteiger partial charge is 0.324 e. The van der Waals surface area contributed by atoms with Crippen molar-refractivity contribution >= 4 is 5.97 Å². The minimum atomic E-state index is -0.688. The number of hydrogen-bond donors (Lipinski definition) is 2. The Balaban J connectivity index is 2.74. The van der Waals surface area contributed by atoms with Crippen molar-refractivity contribution in [3.63, 3.8) is 0 Å². The Morgan fingerprint density at radius 3 is 2.53 bits per heavy atom. The van der Waals surface area contributed by atoms with Gasteiger partial charge >= 0.3 is 5.97 Å². The van der Waals surface area contributed by atoms with Crippen LogP contribution in [0.15, 0.2) is 0 Å². The van der Waals surface area contributed by atoms with E-state index in [2.05, 4.69) is 33.0 Å². The molecule has 2 N–H and O–H groups in total. The van der Waals surface area contributed by atoms with Gasteiger partial charge in [-0.3, -0.25) is 10.1 Å². The first-order valence-corrected chi connectivity index (χ1v) is 6.89. The van der Waals surface area contributed by atoms with Crippen molar-refractivity contribution in [1.29, 1.82) is 0 Å². The van der Waals surface area contributed by atoms with E-state index in [1.807, 2.05) is 0 Å². The Hall–Kier alpha value is -0.570. The molecule has 0 heterocycles. The van der Waals surface area contributed by atoms with Crippen molar-refractivity contribution in [3.8, 4) is 0 Å². The highest BCUT2D eigenvalue weighted by molar-refractivity contribution is 5.79. The molecular formula is C14H27NO2. The summed E-state index contributed by atoms with van der Waals surface area (Å²) in [5, 5.41) is 13.0. The van der Waals surface area contributed by atoms with Crippen molar-refractivity contribution in [2.24, 2.45) is 11.8 Å². The highest BCUT2D eigenvalue weighted by atomic mass is 16.4. The average molecular weight is 241 g/mol. The molecule has 1 aliphatic rings. The van der Waals surface area contributed by atoms with Crippen LogP contribution < -0.4 is 5.32 Å². The summed E-state index contributed by atoms with van der Waals surface area (Å²) in [6, 6.07) is 0.270. The molecule has 100 valence electrons. The second-order valence-electron chi connectivity index (χ2n) is 6.10. The summed E-state index contributed by atoms with van der Waals surface area (Å²) >= 11 is 0. The van der Waals surface area contributed by atoms with Crippen LogP contribution in [-0.4, -0.2) is 22.7 Å². The van der Waals surface area contributed by atoms with Gasteiger partial charge in [0.2, 0.25) is 0 Å². The highest BCUT2D eigenvalue weighted by Crippen LogP contribution is 2.34. The van der Waals surface area contributed by atoms with Crippen molar-refractivity contribution in [2.75, 3.05) is 0 Å². The first kappa shape index (κ1) is 14.5. The number of carbonyl (C=O) groups is 1. The van der Waals surface area contributed by atoms with Crippen molar-refractivity contribution in [2.45, 2.75) is 71.4 Å². The molecule has 0 aliphatic heterocycles. The molecule has 0 saturated heterocycles. The molecule has 1 rings (SSSR count). The molecule has 3 atom stereocenters. The molecular weight excluding hydrogens is 214 g/mol. The number of carboxylic acid groups (broad SMARTS) is 1. The largest absolute Gasteiger partial charge is 0.480 e. The van der Waals surface area contributed by atoms with Crippen molar-refractivity contribution < 1.29 is 9.90 Å². The summed E-state index contributed by atoms with van der Waals surface area (Å²) in [7, 11) is 0. The lowest BCUT2D eigenvalue weighted by Gasteiger charge is -2.42. The number of rotatable bonds is 5. The van der Waals surface area contributed by atoms with Crippen LogP contribution in [0.5, 0.6) is 0 Å². The van der Waals surface area contributed by atoms with Crippen LogP contribution in [0, 0.1) is 11.8 Å². The highest BCUT2D eigenvalue weighted by Gasteiger charge is 2.45. The normalized spacial score (nSPS) is 31.5. The zero-order valence-corrected chi connectivity index (χ0v) is 11.6. The molecule has 1 saturated carbocycles. The molecule has 1 fully saturated rings. The molecule has 3 nitrogen and oxygen atoms in total. The Bertz CT molecular complexity index is 265. The monoisotopic (exact) mass is 241 g/mol. The summed E-state index contributed by atoms with van der Waals surface area (Å²) in [4.78, 5) is 11.6. The Kier molecular flexibility index (Phi) is 4.99. The first-order chi connectivity index (χ1) is 7.88. The van der Waals surface area contributed by atoms with Gasteiger partial charge in [-0.15, -0.1) is 0 Å². The second-order valence-corrected chi connectivity index (χ2v) is 6.10. The summed E-state index contributed by atoms with van der Waals surface area (Å²) in [5.74, 6) is 0.158. The van der Waals surface area contributed by atoms with Gasteiger partial charge in [0.25, 0.3) is 0 Å². The molecule has 0 aromatic heterocycles. The van der Waals surface area contributed by atoms with E-state index >= 15 is 0 Å². The lowest BCUT2D eigenvalue weighted by Crippen LogP contribution is -2.60. The minimum absolute atomic E-state index is 0.225. The molecule has 0 bridgehead atoms. The van der Waals surface area contributed by atoms with E-state index in [-0.39, 0.29) is 12.0 Å². The average Bonchev–Trinajstić information content (AvgIpc) is 2.19. The summed E-state index contributed by atoms with van der Waals surface area (Å²) in [6.07, 6.45) is 5.01. The summed E-state index contributed by atoms with van der Waals surface area (Å²) in [6.45, 7) is 8.53. The van der Waals surface area contributed by atoms with Crippen LogP contribution in [0.25, 0.3) is 0 Å². The quantitative estimate of drug-likeness (QED) is 0.778. The zero-order chi connectivity index (χ0) is 13.1. The fraction of sp³-hybridized carbons (Fsp3) is 0.929. The molecule has 0 amide bonds. The third-order valence-corrected chi connectivity index (χ3v) is 4.01.